The van der Waals surface area contributed by atoms with Gasteiger partial charge < -0.3 is 14.5 Å². The Balaban J connectivity index is 1.46. The van der Waals surface area contributed by atoms with E-state index in [1.807, 2.05) is 11.8 Å². The van der Waals surface area contributed by atoms with Crippen molar-refractivity contribution in [2.24, 2.45) is 0 Å². The van der Waals surface area contributed by atoms with E-state index in [1.165, 1.54) is 0 Å². The van der Waals surface area contributed by atoms with E-state index < -0.39 is 0 Å². The van der Waals surface area contributed by atoms with Crippen molar-refractivity contribution in [3.05, 3.63) is 11.1 Å². The Labute approximate surface area is 129 Å². The van der Waals surface area contributed by atoms with Gasteiger partial charge in [0.2, 0.25) is 5.91 Å². The molecule has 2 fully saturated rings. The standard InChI is InChI=1S/C14H22N4O2S/c1-12-11-21-14(15-12)18-4-2-16(3-5-18)10-13(19)17-6-8-20-9-7-17/h11H,2-10H2,1H3. The van der Waals surface area contributed by atoms with E-state index in [9.17, 15) is 4.79 Å². The van der Waals surface area contributed by atoms with Crippen LogP contribution >= 0.6 is 11.3 Å². The first-order valence-electron chi connectivity index (χ1n) is 7.47. The zero-order chi connectivity index (χ0) is 14.7. The minimum absolute atomic E-state index is 0.233. The summed E-state index contributed by atoms with van der Waals surface area (Å²) in [7, 11) is 0. The van der Waals surface area contributed by atoms with Gasteiger partial charge in [-0.1, -0.05) is 0 Å². The van der Waals surface area contributed by atoms with Crippen molar-refractivity contribution in [3.63, 3.8) is 0 Å². The topological polar surface area (TPSA) is 48.9 Å². The summed E-state index contributed by atoms with van der Waals surface area (Å²) in [5, 5.41) is 3.19. The van der Waals surface area contributed by atoms with E-state index in [4.69, 9.17) is 4.74 Å². The van der Waals surface area contributed by atoms with Crippen LogP contribution in [0.25, 0.3) is 0 Å². The van der Waals surface area contributed by atoms with Gasteiger partial charge in [0.1, 0.15) is 0 Å². The van der Waals surface area contributed by atoms with Gasteiger partial charge in [0.05, 0.1) is 25.5 Å². The van der Waals surface area contributed by atoms with Gasteiger partial charge in [0, 0.05) is 44.6 Å². The number of hydrogen-bond acceptors (Lipinski definition) is 6. The number of carbonyl (C=O) groups is 1. The quantitative estimate of drug-likeness (QED) is 0.810. The van der Waals surface area contributed by atoms with E-state index in [-0.39, 0.29) is 5.91 Å². The second kappa shape index (κ2) is 6.72. The highest BCUT2D eigenvalue weighted by Crippen LogP contribution is 2.21. The van der Waals surface area contributed by atoms with Gasteiger partial charge in [-0.3, -0.25) is 9.69 Å². The second-order valence-electron chi connectivity index (χ2n) is 5.53. The average Bonchev–Trinajstić information content (AvgIpc) is 2.95. The number of rotatable bonds is 3. The first-order valence-corrected chi connectivity index (χ1v) is 8.35. The van der Waals surface area contributed by atoms with Crippen molar-refractivity contribution >= 4 is 22.4 Å². The summed E-state index contributed by atoms with van der Waals surface area (Å²) in [6, 6.07) is 0. The Morgan fingerprint density at radius 2 is 1.95 bits per heavy atom. The van der Waals surface area contributed by atoms with Crippen LogP contribution in [0.15, 0.2) is 5.38 Å². The van der Waals surface area contributed by atoms with Crippen LogP contribution in [-0.2, 0) is 9.53 Å². The van der Waals surface area contributed by atoms with Crippen LogP contribution in [0, 0.1) is 6.92 Å². The molecule has 7 heteroatoms. The van der Waals surface area contributed by atoms with Gasteiger partial charge in [-0.05, 0) is 6.92 Å². The van der Waals surface area contributed by atoms with Crippen molar-refractivity contribution in [2.75, 3.05) is 63.9 Å². The molecule has 0 N–H and O–H groups in total. The minimum Gasteiger partial charge on any atom is -0.378 e. The fourth-order valence-corrected chi connectivity index (χ4v) is 3.55. The molecule has 0 aliphatic carbocycles. The van der Waals surface area contributed by atoms with Crippen LogP contribution < -0.4 is 4.90 Å². The highest BCUT2D eigenvalue weighted by Gasteiger charge is 2.23. The average molecular weight is 310 g/mol. The van der Waals surface area contributed by atoms with Crippen molar-refractivity contribution in [1.82, 2.24) is 14.8 Å². The summed E-state index contributed by atoms with van der Waals surface area (Å²) in [5.41, 5.74) is 1.08. The number of nitrogens with zero attached hydrogens (tertiary/aromatic N) is 4. The number of aryl methyl sites for hydroxylation is 1. The Bertz CT molecular complexity index is 479. The third-order valence-electron chi connectivity index (χ3n) is 3.97. The van der Waals surface area contributed by atoms with Crippen LogP contribution in [0.3, 0.4) is 0 Å². The first kappa shape index (κ1) is 14.7. The Morgan fingerprint density at radius 1 is 1.24 bits per heavy atom. The Kier molecular flexibility index (Phi) is 4.72. The molecule has 1 amide bonds. The summed E-state index contributed by atoms with van der Waals surface area (Å²) in [6.45, 7) is 9.11. The molecule has 6 nitrogen and oxygen atoms in total. The number of anilines is 1. The van der Waals surface area contributed by atoms with E-state index in [0.29, 0.717) is 19.8 Å². The molecule has 0 bridgehead atoms. The number of amides is 1. The van der Waals surface area contributed by atoms with Crippen LogP contribution in [-0.4, -0.2) is 79.7 Å². The molecule has 0 radical (unpaired) electrons. The highest BCUT2D eigenvalue weighted by molar-refractivity contribution is 7.13. The van der Waals surface area contributed by atoms with Crippen LogP contribution in [0.1, 0.15) is 5.69 Å². The Morgan fingerprint density at radius 3 is 2.57 bits per heavy atom. The summed E-state index contributed by atoms with van der Waals surface area (Å²) in [4.78, 5) is 23.2. The number of thiazole rings is 1. The van der Waals surface area contributed by atoms with Gasteiger partial charge in [-0.2, -0.15) is 0 Å². The lowest BCUT2D eigenvalue weighted by Crippen LogP contribution is -2.51. The van der Waals surface area contributed by atoms with Crippen LogP contribution in [0.5, 0.6) is 0 Å². The normalized spacial score (nSPS) is 20.8. The molecule has 3 rings (SSSR count). The van der Waals surface area contributed by atoms with E-state index >= 15 is 0 Å². The molecule has 1 aromatic heterocycles. The molecule has 3 heterocycles. The third-order valence-corrected chi connectivity index (χ3v) is 4.99. The predicted molar refractivity (Wildman–Crippen MR) is 82.9 cm³/mol. The molecular formula is C14H22N4O2S. The van der Waals surface area contributed by atoms with Gasteiger partial charge in [-0.15, -0.1) is 11.3 Å². The number of morpholine rings is 1. The van der Waals surface area contributed by atoms with Crippen molar-refractivity contribution in [1.29, 1.82) is 0 Å². The molecule has 116 valence electrons. The SMILES string of the molecule is Cc1csc(N2CCN(CC(=O)N3CCOCC3)CC2)n1. The summed E-state index contributed by atoms with van der Waals surface area (Å²) in [6.07, 6.45) is 0. The van der Waals surface area contributed by atoms with Crippen molar-refractivity contribution in [3.8, 4) is 0 Å². The van der Waals surface area contributed by atoms with E-state index in [2.05, 4.69) is 20.2 Å². The number of aromatic nitrogens is 1. The number of hydrogen-bond donors (Lipinski definition) is 0. The first-order chi connectivity index (χ1) is 10.2. The molecule has 21 heavy (non-hydrogen) atoms. The zero-order valence-electron chi connectivity index (χ0n) is 12.5. The van der Waals surface area contributed by atoms with Crippen molar-refractivity contribution < 1.29 is 9.53 Å². The molecular weight excluding hydrogens is 288 g/mol. The summed E-state index contributed by atoms with van der Waals surface area (Å²) in [5.74, 6) is 0.233. The van der Waals surface area contributed by atoms with Gasteiger partial charge in [-0.25, -0.2) is 4.98 Å². The molecule has 2 aliphatic heterocycles. The molecule has 1 aromatic rings. The van der Waals surface area contributed by atoms with Gasteiger partial charge in [0.25, 0.3) is 0 Å². The monoisotopic (exact) mass is 310 g/mol. The smallest absolute Gasteiger partial charge is 0.236 e. The molecule has 0 unspecified atom stereocenters. The number of carbonyl (C=O) groups excluding carboxylic acids is 1. The molecule has 2 saturated heterocycles. The maximum atomic E-state index is 12.2. The summed E-state index contributed by atoms with van der Waals surface area (Å²) < 4.78 is 5.28. The maximum absolute atomic E-state index is 12.2. The number of ether oxygens (including phenoxy) is 1. The fourth-order valence-electron chi connectivity index (χ4n) is 2.69. The predicted octanol–water partition coefficient (Wildman–Crippen LogP) is 0.432. The van der Waals surface area contributed by atoms with E-state index in [0.717, 1.165) is 50.1 Å². The van der Waals surface area contributed by atoms with Gasteiger partial charge in [0.15, 0.2) is 5.13 Å². The molecule has 2 aliphatic rings. The lowest BCUT2D eigenvalue weighted by molar-refractivity contribution is -0.136. The molecule has 0 spiro atoms. The van der Waals surface area contributed by atoms with Crippen LogP contribution in [0.4, 0.5) is 5.13 Å². The molecule has 0 atom stereocenters. The maximum Gasteiger partial charge on any atom is 0.236 e. The molecule has 0 saturated carbocycles. The van der Waals surface area contributed by atoms with E-state index in [1.54, 1.807) is 11.3 Å². The lowest BCUT2D eigenvalue weighted by atomic mass is 10.3. The summed E-state index contributed by atoms with van der Waals surface area (Å²) >= 11 is 1.70. The van der Waals surface area contributed by atoms with Gasteiger partial charge >= 0.3 is 0 Å². The zero-order valence-corrected chi connectivity index (χ0v) is 13.3. The van der Waals surface area contributed by atoms with Crippen molar-refractivity contribution in [2.45, 2.75) is 6.92 Å². The highest BCUT2D eigenvalue weighted by atomic mass is 32.1. The lowest BCUT2D eigenvalue weighted by Gasteiger charge is -2.35. The minimum atomic E-state index is 0.233. The Hall–Kier alpha value is -1.18. The second-order valence-corrected chi connectivity index (χ2v) is 6.36. The fraction of sp³-hybridized carbons (Fsp3) is 0.714. The third kappa shape index (κ3) is 3.72. The van der Waals surface area contributed by atoms with Crippen LogP contribution in [0.2, 0.25) is 0 Å². The molecule has 0 aromatic carbocycles. The number of piperazine rings is 1. The largest absolute Gasteiger partial charge is 0.378 e.